The fraction of sp³-hybridized carbons (Fsp3) is 0.500. The molecule has 1 aromatic carbocycles. The number of hydrogen-bond acceptors (Lipinski definition) is 3. The van der Waals surface area contributed by atoms with E-state index in [9.17, 15) is 5.11 Å². The maximum absolute atomic E-state index is 10.5. The molecule has 2 rings (SSSR count). The van der Waals surface area contributed by atoms with Gasteiger partial charge in [0.15, 0.2) is 5.69 Å². The first kappa shape index (κ1) is 14.6. The van der Waals surface area contributed by atoms with Gasteiger partial charge in [-0.05, 0) is 32.8 Å². The number of nitrogens with zero attached hydrogens (tertiary/aromatic N) is 3. The Morgan fingerprint density at radius 1 is 1.20 bits per heavy atom. The monoisotopic (exact) mass is 273 g/mol. The minimum absolute atomic E-state index is 0.202. The molecule has 0 fully saturated rings. The molecule has 0 unspecified atom stereocenters. The van der Waals surface area contributed by atoms with Gasteiger partial charge in [0.25, 0.3) is 0 Å². The minimum atomic E-state index is -0.256. The van der Waals surface area contributed by atoms with Gasteiger partial charge in [-0.15, -0.1) is 5.11 Å². The van der Waals surface area contributed by atoms with Gasteiger partial charge < -0.3 is 9.67 Å². The van der Waals surface area contributed by atoms with Gasteiger partial charge in [-0.25, -0.2) is 0 Å². The van der Waals surface area contributed by atoms with Crippen LogP contribution in [0.1, 0.15) is 34.6 Å². The Morgan fingerprint density at radius 3 is 2.45 bits per heavy atom. The number of aromatic hydroxyl groups is 1. The number of aromatic nitrogens is 1. The van der Waals surface area contributed by atoms with Gasteiger partial charge in [-0.1, -0.05) is 32.0 Å². The molecular formula is C16H23N3O. The van der Waals surface area contributed by atoms with Crippen molar-refractivity contribution in [3.8, 4) is 5.88 Å². The third-order valence-corrected chi connectivity index (χ3v) is 2.92. The van der Waals surface area contributed by atoms with Crippen molar-refractivity contribution in [1.29, 1.82) is 0 Å². The molecular weight excluding hydrogens is 250 g/mol. The highest BCUT2D eigenvalue weighted by Crippen LogP contribution is 2.39. The number of hydrogen-bond donors (Lipinski definition) is 1. The smallest absolute Gasteiger partial charge is 0.220 e. The fourth-order valence-corrected chi connectivity index (χ4v) is 2.12. The Hall–Kier alpha value is -1.84. The van der Waals surface area contributed by atoms with E-state index in [1.54, 1.807) is 0 Å². The van der Waals surface area contributed by atoms with Crippen LogP contribution < -0.4 is 0 Å². The lowest BCUT2D eigenvalue weighted by Crippen LogP contribution is -2.07. The summed E-state index contributed by atoms with van der Waals surface area (Å²) in [5.74, 6) is 0.650. The van der Waals surface area contributed by atoms with Crippen LogP contribution in [0.4, 0.5) is 5.69 Å². The second-order valence-corrected chi connectivity index (χ2v) is 6.56. The highest BCUT2D eigenvalue weighted by molar-refractivity contribution is 5.94. The van der Waals surface area contributed by atoms with Gasteiger partial charge in [0.1, 0.15) is 0 Å². The molecule has 0 atom stereocenters. The van der Waals surface area contributed by atoms with Crippen molar-refractivity contribution >= 4 is 16.6 Å². The molecule has 0 aliphatic carbocycles. The third kappa shape index (κ3) is 3.00. The average molecular weight is 273 g/mol. The van der Waals surface area contributed by atoms with Crippen LogP contribution in [0.5, 0.6) is 5.88 Å². The van der Waals surface area contributed by atoms with Gasteiger partial charge >= 0.3 is 0 Å². The maximum Gasteiger partial charge on any atom is 0.220 e. The summed E-state index contributed by atoms with van der Waals surface area (Å²) < 4.78 is 1.91. The summed E-state index contributed by atoms with van der Waals surface area (Å²) >= 11 is 0. The van der Waals surface area contributed by atoms with Crippen LogP contribution in [0, 0.1) is 5.92 Å². The Morgan fingerprint density at radius 2 is 1.85 bits per heavy atom. The van der Waals surface area contributed by atoms with Crippen molar-refractivity contribution in [2.24, 2.45) is 16.1 Å². The summed E-state index contributed by atoms with van der Waals surface area (Å²) in [4.78, 5) is 0. The lowest BCUT2D eigenvalue weighted by atomic mass is 10.1. The third-order valence-electron chi connectivity index (χ3n) is 2.92. The molecule has 0 saturated heterocycles. The Bertz CT molecular complexity index is 633. The van der Waals surface area contributed by atoms with E-state index in [2.05, 4.69) is 24.1 Å². The van der Waals surface area contributed by atoms with E-state index in [1.165, 1.54) is 0 Å². The molecule has 20 heavy (non-hydrogen) atoms. The van der Waals surface area contributed by atoms with Gasteiger partial charge in [-0.2, -0.15) is 5.11 Å². The second-order valence-electron chi connectivity index (χ2n) is 6.56. The molecule has 0 spiro atoms. The minimum Gasteiger partial charge on any atom is -0.493 e. The molecule has 0 amide bonds. The summed E-state index contributed by atoms with van der Waals surface area (Å²) in [5.41, 5.74) is 1.31. The molecule has 108 valence electrons. The first-order valence-corrected chi connectivity index (χ1v) is 7.02. The number of fused-ring (bicyclic) bond motifs is 1. The zero-order chi connectivity index (χ0) is 14.9. The lowest BCUT2D eigenvalue weighted by molar-refractivity contribution is 0.400. The first-order chi connectivity index (χ1) is 9.29. The van der Waals surface area contributed by atoms with E-state index in [4.69, 9.17) is 0 Å². The van der Waals surface area contributed by atoms with Crippen LogP contribution in [0.15, 0.2) is 34.5 Å². The van der Waals surface area contributed by atoms with Crippen molar-refractivity contribution in [2.45, 2.75) is 46.7 Å². The highest BCUT2D eigenvalue weighted by atomic mass is 16.3. The number of azo groups is 1. The van der Waals surface area contributed by atoms with Crippen molar-refractivity contribution in [3.63, 3.8) is 0 Å². The van der Waals surface area contributed by atoms with Crippen LogP contribution in [0.2, 0.25) is 0 Å². The predicted octanol–water partition coefficient (Wildman–Crippen LogP) is 4.89. The predicted molar refractivity (Wildman–Crippen MR) is 82.7 cm³/mol. The van der Waals surface area contributed by atoms with Gasteiger partial charge in [0.05, 0.1) is 11.1 Å². The molecule has 0 saturated carbocycles. The van der Waals surface area contributed by atoms with E-state index in [0.717, 1.165) is 17.4 Å². The summed E-state index contributed by atoms with van der Waals surface area (Å²) in [7, 11) is 0. The van der Waals surface area contributed by atoms with Crippen LogP contribution in [-0.2, 0) is 6.54 Å². The van der Waals surface area contributed by atoms with Crippen LogP contribution in [0.3, 0.4) is 0 Å². The standard InChI is InChI=1S/C16H23N3O/c1-11(2)10-19-13-9-7-6-8-12(13)14(15(19)20)17-18-16(3,4)5/h6-9,11,20H,10H2,1-5H3. The molecule has 4 heteroatoms. The van der Waals surface area contributed by atoms with Crippen molar-refractivity contribution in [3.05, 3.63) is 24.3 Å². The zero-order valence-electron chi connectivity index (χ0n) is 12.9. The molecule has 4 nitrogen and oxygen atoms in total. The quantitative estimate of drug-likeness (QED) is 0.796. The Balaban J connectivity index is 2.60. The molecule has 2 aromatic rings. The van der Waals surface area contributed by atoms with Gasteiger partial charge in [-0.3, -0.25) is 0 Å². The van der Waals surface area contributed by atoms with Crippen molar-refractivity contribution < 1.29 is 5.11 Å². The summed E-state index contributed by atoms with van der Waals surface area (Å²) in [6, 6.07) is 7.91. The molecule has 0 aliphatic rings. The largest absolute Gasteiger partial charge is 0.493 e. The van der Waals surface area contributed by atoms with Crippen LogP contribution in [0.25, 0.3) is 10.9 Å². The van der Waals surface area contributed by atoms with E-state index in [0.29, 0.717) is 11.6 Å². The van der Waals surface area contributed by atoms with E-state index in [1.807, 2.05) is 49.6 Å². The number of benzene rings is 1. The SMILES string of the molecule is CC(C)Cn1c(O)c(N=NC(C)(C)C)c2ccccc21. The van der Waals surface area contributed by atoms with E-state index in [-0.39, 0.29) is 11.4 Å². The lowest BCUT2D eigenvalue weighted by Gasteiger charge is -2.10. The summed E-state index contributed by atoms with van der Waals surface area (Å²) in [6.07, 6.45) is 0. The Kier molecular flexibility index (Phi) is 3.84. The topological polar surface area (TPSA) is 49.9 Å². The van der Waals surface area contributed by atoms with E-state index >= 15 is 0 Å². The molecule has 1 heterocycles. The van der Waals surface area contributed by atoms with Gasteiger partial charge in [0, 0.05) is 11.9 Å². The maximum atomic E-state index is 10.5. The van der Waals surface area contributed by atoms with Crippen LogP contribution in [-0.4, -0.2) is 15.2 Å². The first-order valence-electron chi connectivity index (χ1n) is 7.02. The second kappa shape index (κ2) is 5.27. The molecule has 0 radical (unpaired) electrons. The average Bonchev–Trinajstić information content (AvgIpc) is 2.59. The zero-order valence-corrected chi connectivity index (χ0v) is 12.9. The van der Waals surface area contributed by atoms with Crippen molar-refractivity contribution in [2.75, 3.05) is 0 Å². The fourth-order valence-electron chi connectivity index (χ4n) is 2.12. The number of para-hydroxylation sites is 1. The summed E-state index contributed by atoms with van der Waals surface area (Å²) in [6.45, 7) is 11.0. The normalized spacial score (nSPS) is 12.9. The van der Waals surface area contributed by atoms with Crippen molar-refractivity contribution in [1.82, 2.24) is 4.57 Å². The Labute approximate surface area is 120 Å². The molecule has 1 N–H and O–H groups in total. The molecule has 0 aliphatic heterocycles. The van der Waals surface area contributed by atoms with E-state index < -0.39 is 0 Å². The highest BCUT2D eigenvalue weighted by Gasteiger charge is 2.17. The van der Waals surface area contributed by atoms with Gasteiger partial charge in [0.2, 0.25) is 5.88 Å². The van der Waals surface area contributed by atoms with Crippen LogP contribution >= 0.6 is 0 Å². The summed E-state index contributed by atoms with van der Waals surface area (Å²) in [5, 5.41) is 20.0. The molecule has 0 bridgehead atoms. The molecule has 1 aromatic heterocycles. The number of rotatable bonds is 3.